The molecule has 3 N–H and O–H groups in total. The molecule has 0 fully saturated rings. The van der Waals surface area contributed by atoms with Crippen molar-refractivity contribution in [1.29, 1.82) is 0 Å². The topological polar surface area (TPSA) is 125 Å². The number of anilines is 2. The zero-order valence-electron chi connectivity index (χ0n) is 22.0. The Kier molecular flexibility index (Phi) is 8.19. The van der Waals surface area contributed by atoms with Crippen molar-refractivity contribution in [2.24, 2.45) is 5.92 Å². The van der Waals surface area contributed by atoms with E-state index in [9.17, 15) is 19.5 Å². The highest BCUT2D eigenvalue weighted by Crippen LogP contribution is 2.40. The number of fused-ring (bicyclic) bond motifs is 2. The fourth-order valence-electron chi connectivity index (χ4n) is 5.33. The fourth-order valence-corrected chi connectivity index (χ4v) is 5.33. The van der Waals surface area contributed by atoms with E-state index < -0.39 is 18.0 Å². The third-order valence-corrected chi connectivity index (χ3v) is 7.37. The molecule has 1 amide bonds. The minimum Gasteiger partial charge on any atom is -0.494 e. The van der Waals surface area contributed by atoms with Crippen molar-refractivity contribution in [3.8, 4) is 11.5 Å². The van der Waals surface area contributed by atoms with Crippen molar-refractivity contribution < 1.29 is 34.1 Å². The first-order chi connectivity index (χ1) is 19.4. The molecule has 9 nitrogen and oxygen atoms in total. The predicted octanol–water partition coefficient (Wildman–Crippen LogP) is 4.64. The third kappa shape index (κ3) is 6.36. The summed E-state index contributed by atoms with van der Waals surface area (Å²) in [6.07, 6.45) is 2.29. The molecule has 0 saturated heterocycles. The number of carboxylic acids is 2. The molecule has 0 spiro atoms. The lowest BCUT2D eigenvalue weighted by Crippen LogP contribution is -2.45. The van der Waals surface area contributed by atoms with Gasteiger partial charge in [-0.2, -0.15) is 0 Å². The van der Waals surface area contributed by atoms with Crippen molar-refractivity contribution in [1.82, 2.24) is 0 Å². The summed E-state index contributed by atoms with van der Waals surface area (Å²) in [4.78, 5) is 37.5. The summed E-state index contributed by atoms with van der Waals surface area (Å²) in [6, 6.07) is 20.6. The van der Waals surface area contributed by atoms with Crippen molar-refractivity contribution >= 4 is 29.2 Å². The number of carbonyl (C=O) groups excluding carboxylic acids is 1. The second-order valence-electron chi connectivity index (χ2n) is 10.2. The summed E-state index contributed by atoms with van der Waals surface area (Å²) < 4.78 is 11.7. The van der Waals surface area contributed by atoms with Crippen LogP contribution in [0.1, 0.15) is 40.7 Å². The van der Waals surface area contributed by atoms with Gasteiger partial charge in [0.25, 0.3) is 5.91 Å². The molecule has 3 aromatic rings. The number of benzene rings is 3. The first kappa shape index (κ1) is 27.1. The van der Waals surface area contributed by atoms with E-state index >= 15 is 0 Å². The molecule has 5 rings (SSSR count). The third-order valence-electron chi connectivity index (χ3n) is 7.37. The molecule has 0 aromatic heterocycles. The molecule has 0 radical (unpaired) electrons. The number of ether oxygens (including phenoxy) is 2. The maximum absolute atomic E-state index is 13.0. The first-order valence-electron chi connectivity index (χ1n) is 13.5. The van der Waals surface area contributed by atoms with E-state index in [0.29, 0.717) is 48.2 Å². The summed E-state index contributed by atoms with van der Waals surface area (Å²) in [5.74, 6) is -0.909. The molecular formula is C31H32N2O7. The predicted molar refractivity (Wildman–Crippen MR) is 149 cm³/mol. The first-order valence-corrected chi connectivity index (χ1v) is 13.5. The van der Waals surface area contributed by atoms with Gasteiger partial charge in [0.05, 0.1) is 24.5 Å². The molecule has 9 heteroatoms. The van der Waals surface area contributed by atoms with Crippen molar-refractivity contribution in [2.75, 3.05) is 29.9 Å². The quantitative estimate of drug-likeness (QED) is 0.319. The molecule has 3 aromatic carbocycles. The Morgan fingerprint density at radius 2 is 1.68 bits per heavy atom. The molecule has 1 aliphatic heterocycles. The normalized spacial score (nSPS) is 16.0. The minimum atomic E-state index is -1.15. The van der Waals surface area contributed by atoms with E-state index in [1.54, 1.807) is 47.4 Å². The van der Waals surface area contributed by atoms with Gasteiger partial charge in [-0.1, -0.05) is 30.3 Å². The highest BCUT2D eigenvalue weighted by Gasteiger charge is 2.32. The van der Waals surface area contributed by atoms with E-state index in [1.807, 2.05) is 0 Å². The second kappa shape index (κ2) is 12.1. The van der Waals surface area contributed by atoms with Crippen LogP contribution in [0.4, 0.5) is 11.4 Å². The number of para-hydroxylation sites is 1. The van der Waals surface area contributed by atoms with Crippen molar-refractivity contribution in [2.45, 2.75) is 38.2 Å². The molecule has 1 unspecified atom stereocenters. The van der Waals surface area contributed by atoms with Gasteiger partial charge >= 0.3 is 11.9 Å². The zero-order valence-corrected chi connectivity index (χ0v) is 22.0. The summed E-state index contributed by atoms with van der Waals surface area (Å²) in [5, 5.41) is 21.4. The van der Waals surface area contributed by atoms with Gasteiger partial charge in [-0.15, -0.1) is 0 Å². The van der Waals surface area contributed by atoms with Gasteiger partial charge in [0.15, 0.2) is 5.75 Å². The molecular weight excluding hydrogens is 512 g/mol. The highest BCUT2D eigenvalue weighted by atomic mass is 16.5. The van der Waals surface area contributed by atoms with Gasteiger partial charge in [0.1, 0.15) is 5.75 Å². The van der Waals surface area contributed by atoms with Crippen molar-refractivity contribution in [3.05, 3.63) is 83.4 Å². The molecule has 1 heterocycles. The van der Waals surface area contributed by atoms with Crippen LogP contribution >= 0.6 is 0 Å². The summed E-state index contributed by atoms with van der Waals surface area (Å²) >= 11 is 0. The van der Waals surface area contributed by atoms with Crippen LogP contribution in [0, 0.1) is 5.92 Å². The standard InChI is InChI=1S/C31H32N2O7/c34-28(35)9-4-15-33-19-27(31(37)38)40-29-25(7-3-8-26(29)33)32-30(36)21-10-12-24(13-11-21)39-16-14-20-17-22-5-1-2-6-23(22)18-20/h1-3,5-8,10-13,20,27H,4,9,14-19H2,(H,32,36)(H,34,35)(H,37,38). The Balaban J connectivity index is 1.19. The van der Waals surface area contributed by atoms with Crippen LogP contribution < -0.4 is 19.7 Å². The SMILES string of the molecule is O=C(O)CCCN1CC(C(=O)O)Oc2c(NC(=O)c3ccc(OCCC4Cc5ccccc5C4)cc3)cccc21. The van der Waals surface area contributed by atoms with E-state index in [-0.39, 0.29) is 24.6 Å². The van der Waals surface area contributed by atoms with Crippen LogP contribution in [-0.4, -0.2) is 53.9 Å². The summed E-state index contributed by atoms with van der Waals surface area (Å²) in [5.41, 5.74) is 4.22. The Hall–Kier alpha value is -4.53. The fraction of sp³-hybridized carbons (Fsp3) is 0.323. The van der Waals surface area contributed by atoms with E-state index in [1.165, 1.54) is 11.1 Å². The number of nitrogens with zero attached hydrogens (tertiary/aromatic N) is 1. The average Bonchev–Trinajstić information content (AvgIpc) is 3.36. The van der Waals surface area contributed by atoms with Crippen LogP contribution in [0.2, 0.25) is 0 Å². The zero-order chi connectivity index (χ0) is 28.1. The lowest BCUT2D eigenvalue weighted by atomic mass is 10.0. The van der Waals surface area contributed by atoms with Crippen molar-refractivity contribution in [3.63, 3.8) is 0 Å². The van der Waals surface area contributed by atoms with Gasteiger partial charge in [-0.05, 0) is 79.1 Å². The van der Waals surface area contributed by atoms with Gasteiger partial charge in [-0.25, -0.2) is 4.79 Å². The molecule has 208 valence electrons. The van der Waals surface area contributed by atoms with Crippen LogP contribution in [0.25, 0.3) is 0 Å². The minimum absolute atomic E-state index is 0.0323. The smallest absolute Gasteiger partial charge is 0.346 e. The number of aliphatic carboxylic acids is 2. The van der Waals surface area contributed by atoms with E-state index in [0.717, 1.165) is 19.3 Å². The monoisotopic (exact) mass is 544 g/mol. The number of hydrogen-bond acceptors (Lipinski definition) is 6. The number of carboxylic acid groups (broad SMARTS) is 2. The summed E-state index contributed by atoms with van der Waals surface area (Å²) in [7, 11) is 0. The van der Waals surface area contributed by atoms with E-state index in [4.69, 9.17) is 14.6 Å². The molecule has 40 heavy (non-hydrogen) atoms. The number of carbonyl (C=O) groups is 3. The maximum Gasteiger partial charge on any atom is 0.346 e. The second-order valence-corrected chi connectivity index (χ2v) is 10.2. The Bertz CT molecular complexity index is 1360. The number of hydrogen-bond donors (Lipinski definition) is 3. The molecule has 1 atom stereocenters. The number of amides is 1. The average molecular weight is 545 g/mol. The molecule has 2 aliphatic rings. The van der Waals surface area contributed by atoms with Crippen LogP contribution in [0.5, 0.6) is 11.5 Å². The maximum atomic E-state index is 13.0. The number of nitrogens with one attached hydrogen (secondary N) is 1. The van der Waals surface area contributed by atoms with E-state index in [2.05, 4.69) is 29.6 Å². The molecule has 0 bridgehead atoms. The Labute approximate surface area is 232 Å². The Morgan fingerprint density at radius 1 is 0.950 bits per heavy atom. The van der Waals surface area contributed by atoms with Gasteiger partial charge in [0.2, 0.25) is 6.10 Å². The van der Waals surface area contributed by atoms with Gasteiger partial charge in [-0.3, -0.25) is 9.59 Å². The Morgan fingerprint density at radius 3 is 2.35 bits per heavy atom. The highest BCUT2D eigenvalue weighted by molar-refractivity contribution is 6.05. The van der Waals surface area contributed by atoms with Crippen LogP contribution in [0.15, 0.2) is 66.7 Å². The van der Waals surface area contributed by atoms with Crippen LogP contribution in [0.3, 0.4) is 0 Å². The molecule has 0 saturated carbocycles. The lowest BCUT2D eigenvalue weighted by Gasteiger charge is -2.35. The van der Waals surface area contributed by atoms with Gasteiger partial charge < -0.3 is 29.9 Å². The summed E-state index contributed by atoms with van der Waals surface area (Å²) in [6.45, 7) is 1.03. The molecule has 1 aliphatic carbocycles. The number of rotatable bonds is 11. The lowest BCUT2D eigenvalue weighted by molar-refractivity contribution is -0.145. The van der Waals surface area contributed by atoms with Crippen LogP contribution in [-0.2, 0) is 22.4 Å². The van der Waals surface area contributed by atoms with Gasteiger partial charge in [0, 0.05) is 18.5 Å². The largest absolute Gasteiger partial charge is 0.494 e.